The maximum absolute atomic E-state index is 13.9. The molecule has 2 aliphatic heterocycles. The number of amides is 2. The van der Waals surface area contributed by atoms with E-state index in [0.29, 0.717) is 48.0 Å². The second-order valence-corrected chi connectivity index (χ2v) is 13.5. The highest BCUT2D eigenvalue weighted by Crippen LogP contribution is 2.29. The molecular formula is C35H49ClN8O2. The summed E-state index contributed by atoms with van der Waals surface area (Å²) in [7, 11) is 8.38. The number of anilines is 2. The highest BCUT2D eigenvalue weighted by molar-refractivity contribution is 6.31. The fourth-order valence-electron chi connectivity index (χ4n) is 6.27. The van der Waals surface area contributed by atoms with Crippen molar-refractivity contribution in [2.45, 2.75) is 12.8 Å². The van der Waals surface area contributed by atoms with Gasteiger partial charge >= 0.3 is 0 Å². The van der Waals surface area contributed by atoms with Crippen LogP contribution in [0.25, 0.3) is 10.9 Å². The van der Waals surface area contributed by atoms with Crippen molar-refractivity contribution in [3.8, 4) is 0 Å². The van der Waals surface area contributed by atoms with Crippen molar-refractivity contribution in [3.63, 3.8) is 0 Å². The number of halogens is 1. The van der Waals surface area contributed by atoms with Crippen LogP contribution in [-0.2, 0) is 0 Å². The Kier molecular flexibility index (Phi) is 11.9. The summed E-state index contributed by atoms with van der Waals surface area (Å²) in [5.41, 5.74) is 3.35. The Morgan fingerprint density at radius 2 is 1.26 bits per heavy atom. The molecule has 5 rings (SSSR count). The number of pyridine rings is 1. The molecule has 0 radical (unpaired) electrons. The lowest BCUT2D eigenvalue weighted by atomic mass is 10.0. The van der Waals surface area contributed by atoms with Gasteiger partial charge in [-0.25, -0.2) is 0 Å². The molecule has 2 saturated heterocycles. The van der Waals surface area contributed by atoms with Crippen LogP contribution in [0.1, 0.15) is 33.6 Å². The van der Waals surface area contributed by atoms with Gasteiger partial charge in [0.15, 0.2) is 0 Å². The van der Waals surface area contributed by atoms with E-state index in [0.717, 1.165) is 81.8 Å². The fourth-order valence-corrected chi connectivity index (χ4v) is 6.43. The first-order valence-corrected chi connectivity index (χ1v) is 16.8. The van der Waals surface area contributed by atoms with Crippen LogP contribution in [-0.4, -0.2) is 153 Å². The van der Waals surface area contributed by atoms with Crippen LogP contribution >= 0.6 is 11.6 Å². The molecule has 2 fully saturated rings. The Hall–Kier alpha value is -3.28. The minimum absolute atomic E-state index is 0.0391. The molecule has 0 atom stereocenters. The quantitative estimate of drug-likeness (QED) is 0.315. The van der Waals surface area contributed by atoms with Crippen molar-refractivity contribution in [3.05, 3.63) is 64.8 Å². The normalized spacial score (nSPS) is 16.5. The summed E-state index contributed by atoms with van der Waals surface area (Å²) >= 11 is 6.23. The fraction of sp³-hybridized carbons (Fsp3) is 0.514. The van der Waals surface area contributed by atoms with E-state index in [1.807, 2.05) is 46.2 Å². The van der Waals surface area contributed by atoms with Gasteiger partial charge < -0.3 is 24.9 Å². The van der Waals surface area contributed by atoms with E-state index in [-0.39, 0.29) is 11.8 Å². The van der Waals surface area contributed by atoms with E-state index in [4.69, 9.17) is 11.6 Å². The average Bonchev–Trinajstić information content (AvgIpc) is 3.04. The van der Waals surface area contributed by atoms with E-state index >= 15 is 0 Å². The lowest BCUT2D eigenvalue weighted by molar-refractivity contribution is 0.0631. The van der Waals surface area contributed by atoms with Gasteiger partial charge in [0.25, 0.3) is 11.8 Å². The largest absolute Gasteiger partial charge is 0.355 e. The number of fused-ring (bicyclic) bond motifs is 1. The highest BCUT2D eigenvalue weighted by atomic mass is 35.5. The van der Waals surface area contributed by atoms with Crippen LogP contribution in [0.15, 0.2) is 48.7 Å². The van der Waals surface area contributed by atoms with E-state index < -0.39 is 0 Å². The Morgan fingerprint density at radius 3 is 1.76 bits per heavy atom. The number of rotatable bonds is 12. The summed E-state index contributed by atoms with van der Waals surface area (Å²) in [5, 5.41) is 5.02. The summed E-state index contributed by atoms with van der Waals surface area (Å²) in [6.45, 7) is 10.3. The molecule has 10 nitrogen and oxygen atoms in total. The van der Waals surface area contributed by atoms with Crippen LogP contribution in [0.3, 0.4) is 0 Å². The predicted molar refractivity (Wildman–Crippen MR) is 188 cm³/mol. The molecule has 2 amide bonds. The van der Waals surface area contributed by atoms with Crippen molar-refractivity contribution in [2.75, 3.05) is 112 Å². The summed E-state index contributed by atoms with van der Waals surface area (Å²) in [6.07, 6.45) is 3.96. The van der Waals surface area contributed by atoms with Crippen molar-refractivity contribution in [1.29, 1.82) is 0 Å². The number of carbonyl (C=O) groups is 2. The number of nitrogens with zero attached hydrogens (tertiary/aromatic N) is 7. The number of benzene rings is 2. The Morgan fingerprint density at radius 1 is 0.739 bits per heavy atom. The van der Waals surface area contributed by atoms with Crippen molar-refractivity contribution < 1.29 is 9.59 Å². The third kappa shape index (κ3) is 9.17. The molecule has 0 aliphatic carbocycles. The molecule has 1 N–H and O–H groups in total. The van der Waals surface area contributed by atoms with Gasteiger partial charge in [0, 0.05) is 91.5 Å². The molecule has 248 valence electrons. The third-order valence-corrected chi connectivity index (χ3v) is 9.12. The van der Waals surface area contributed by atoms with Gasteiger partial charge in [-0.05, 0) is 110 Å². The monoisotopic (exact) mass is 648 g/mol. The van der Waals surface area contributed by atoms with E-state index in [1.165, 1.54) is 0 Å². The summed E-state index contributed by atoms with van der Waals surface area (Å²) < 4.78 is 0. The standard InChI is InChI=1S/C35H49ClN8O2/c1-39(2)11-5-13-41-15-19-43(20-16-41)34(45)27-23-28(35(46)44-21-17-42(18-22-44)14-6-12-40(3)4)25-30(24-27)38-32-9-10-37-33-26-29(36)7-8-31(32)33/h7-10,23-26H,5-6,11-22H2,1-4H3,(H,37,38). The SMILES string of the molecule is CN(C)CCCN1CCN(C(=O)c2cc(Nc3ccnc4cc(Cl)ccc34)cc(C(=O)N3CCN(CCCN(C)C)CC3)c2)CC1. The summed E-state index contributed by atoms with van der Waals surface area (Å²) in [4.78, 5) is 45.4. The molecule has 0 unspecified atom stereocenters. The van der Waals surface area contributed by atoms with E-state index in [1.54, 1.807) is 12.3 Å². The molecule has 0 saturated carbocycles. The number of carbonyl (C=O) groups excluding carboxylic acids is 2. The molecule has 11 heteroatoms. The number of hydrogen-bond donors (Lipinski definition) is 1. The summed E-state index contributed by atoms with van der Waals surface area (Å²) in [5.74, 6) is -0.0783. The molecule has 1 aromatic heterocycles. The smallest absolute Gasteiger partial charge is 0.254 e. The van der Waals surface area contributed by atoms with Gasteiger partial charge in [0.1, 0.15) is 0 Å². The zero-order valence-corrected chi connectivity index (χ0v) is 28.6. The van der Waals surface area contributed by atoms with Crippen LogP contribution in [0.2, 0.25) is 5.02 Å². The molecule has 0 spiro atoms. The van der Waals surface area contributed by atoms with Gasteiger partial charge in [0.05, 0.1) is 5.52 Å². The number of nitrogens with one attached hydrogen (secondary N) is 1. The van der Waals surface area contributed by atoms with Crippen LogP contribution in [0.5, 0.6) is 0 Å². The average molecular weight is 649 g/mol. The molecular weight excluding hydrogens is 600 g/mol. The van der Waals surface area contributed by atoms with Gasteiger partial charge in [-0.3, -0.25) is 24.4 Å². The molecule has 2 aliphatic rings. The molecule has 0 bridgehead atoms. The number of aromatic nitrogens is 1. The van der Waals surface area contributed by atoms with Gasteiger partial charge in [-0.2, -0.15) is 0 Å². The Balaban J connectivity index is 1.33. The van der Waals surface area contributed by atoms with Gasteiger partial charge in [-0.15, -0.1) is 0 Å². The van der Waals surface area contributed by atoms with Crippen LogP contribution in [0.4, 0.5) is 11.4 Å². The second-order valence-electron chi connectivity index (χ2n) is 13.0. The first-order valence-electron chi connectivity index (χ1n) is 16.5. The zero-order valence-electron chi connectivity index (χ0n) is 27.8. The van der Waals surface area contributed by atoms with Gasteiger partial charge in [-0.1, -0.05) is 11.6 Å². The highest BCUT2D eigenvalue weighted by Gasteiger charge is 2.26. The summed E-state index contributed by atoms with van der Waals surface area (Å²) in [6, 6.07) is 13.0. The van der Waals surface area contributed by atoms with E-state index in [2.05, 4.69) is 58.1 Å². The van der Waals surface area contributed by atoms with Crippen molar-refractivity contribution in [1.82, 2.24) is 34.4 Å². The topological polar surface area (TPSA) is 78.5 Å². The maximum Gasteiger partial charge on any atom is 0.254 e. The third-order valence-electron chi connectivity index (χ3n) is 8.89. The van der Waals surface area contributed by atoms with E-state index in [9.17, 15) is 9.59 Å². The minimum atomic E-state index is -0.0391. The number of piperazine rings is 2. The Labute approximate surface area is 278 Å². The second kappa shape index (κ2) is 16.0. The van der Waals surface area contributed by atoms with Crippen LogP contribution < -0.4 is 5.32 Å². The van der Waals surface area contributed by atoms with Crippen LogP contribution in [0, 0.1) is 0 Å². The van der Waals surface area contributed by atoms with Crippen molar-refractivity contribution >= 4 is 45.7 Å². The first kappa shape index (κ1) is 34.1. The zero-order chi connectivity index (χ0) is 32.6. The maximum atomic E-state index is 13.9. The minimum Gasteiger partial charge on any atom is -0.355 e. The molecule has 2 aromatic carbocycles. The Bertz CT molecular complexity index is 1420. The lowest BCUT2D eigenvalue weighted by Gasteiger charge is -2.35. The predicted octanol–water partition coefficient (Wildman–Crippen LogP) is 4.05. The number of hydrogen-bond acceptors (Lipinski definition) is 8. The first-order chi connectivity index (χ1) is 22.2. The molecule has 3 heterocycles. The van der Waals surface area contributed by atoms with Crippen molar-refractivity contribution in [2.24, 2.45) is 0 Å². The lowest BCUT2D eigenvalue weighted by Crippen LogP contribution is -2.49. The molecule has 46 heavy (non-hydrogen) atoms. The molecule has 3 aromatic rings. The van der Waals surface area contributed by atoms with Gasteiger partial charge in [0.2, 0.25) is 0 Å².